The zero-order valence-electron chi connectivity index (χ0n) is 11.1. The highest BCUT2D eigenvalue weighted by atomic mass is 19.1. The van der Waals surface area contributed by atoms with Gasteiger partial charge in [0.1, 0.15) is 11.6 Å². The number of aryl methyl sites for hydroxylation is 1. The summed E-state index contributed by atoms with van der Waals surface area (Å²) in [5.74, 6) is -1.97. The van der Waals surface area contributed by atoms with Gasteiger partial charge in [-0.2, -0.15) is 0 Å². The fourth-order valence-corrected chi connectivity index (χ4v) is 1.75. The van der Waals surface area contributed by atoms with Gasteiger partial charge < -0.3 is 11.1 Å². The van der Waals surface area contributed by atoms with E-state index in [-0.39, 0.29) is 11.1 Å². The van der Waals surface area contributed by atoms with E-state index >= 15 is 0 Å². The number of nitrogens with one attached hydrogen (secondary N) is 1. The third kappa shape index (κ3) is 4.95. The predicted molar refractivity (Wildman–Crippen MR) is 71.0 cm³/mol. The lowest BCUT2D eigenvalue weighted by atomic mass is 10.1. The summed E-state index contributed by atoms with van der Waals surface area (Å²) in [7, 11) is 0. The molecule has 0 radical (unpaired) electrons. The molecule has 0 aromatic heterocycles. The van der Waals surface area contributed by atoms with Gasteiger partial charge in [-0.15, -0.1) is 0 Å². The first-order valence-electron chi connectivity index (χ1n) is 6.50. The lowest BCUT2D eigenvalue weighted by Gasteiger charge is -2.07. The first kappa shape index (κ1) is 15.6. The molecule has 0 saturated heterocycles. The van der Waals surface area contributed by atoms with Crippen LogP contribution < -0.4 is 11.1 Å². The van der Waals surface area contributed by atoms with Gasteiger partial charge in [-0.1, -0.05) is 12.8 Å². The van der Waals surface area contributed by atoms with Gasteiger partial charge in [-0.05, 0) is 37.9 Å². The van der Waals surface area contributed by atoms with E-state index in [2.05, 4.69) is 5.32 Å². The molecule has 1 aromatic carbocycles. The summed E-state index contributed by atoms with van der Waals surface area (Å²) in [4.78, 5) is 11.7. The minimum absolute atomic E-state index is 0.110. The van der Waals surface area contributed by atoms with Crippen molar-refractivity contribution in [2.24, 2.45) is 5.73 Å². The molecule has 0 aliphatic rings. The van der Waals surface area contributed by atoms with E-state index in [1.54, 1.807) is 0 Å². The van der Waals surface area contributed by atoms with Crippen molar-refractivity contribution in [3.63, 3.8) is 0 Å². The third-order valence-electron chi connectivity index (χ3n) is 2.91. The minimum Gasteiger partial charge on any atom is -0.352 e. The zero-order valence-corrected chi connectivity index (χ0v) is 11.1. The molecule has 0 unspecified atom stereocenters. The smallest absolute Gasteiger partial charge is 0.254 e. The van der Waals surface area contributed by atoms with Crippen molar-refractivity contribution >= 4 is 5.91 Å². The van der Waals surface area contributed by atoms with Gasteiger partial charge in [0.05, 0.1) is 5.56 Å². The number of hydrogen-bond acceptors (Lipinski definition) is 2. The van der Waals surface area contributed by atoms with Crippen molar-refractivity contribution in [2.45, 2.75) is 32.6 Å². The number of hydrogen-bond donors (Lipinski definition) is 2. The molecule has 0 bridgehead atoms. The van der Waals surface area contributed by atoms with E-state index in [0.717, 1.165) is 31.7 Å². The van der Waals surface area contributed by atoms with Crippen LogP contribution in [0.25, 0.3) is 0 Å². The quantitative estimate of drug-likeness (QED) is 0.748. The molecule has 0 saturated carbocycles. The van der Waals surface area contributed by atoms with Crippen molar-refractivity contribution in [3.05, 3.63) is 34.9 Å². The normalized spacial score (nSPS) is 10.5. The van der Waals surface area contributed by atoms with Crippen molar-refractivity contribution in [1.29, 1.82) is 0 Å². The van der Waals surface area contributed by atoms with Gasteiger partial charge in [0.25, 0.3) is 5.91 Å². The Morgan fingerprint density at radius 2 is 1.84 bits per heavy atom. The van der Waals surface area contributed by atoms with Crippen LogP contribution in [-0.4, -0.2) is 19.0 Å². The highest BCUT2D eigenvalue weighted by molar-refractivity contribution is 5.94. The molecule has 1 rings (SSSR count). The summed E-state index contributed by atoms with van der Waals surface area (Å²) in [5, 5.41) is 2.63. The lowest BCUT2D eigenvalue weighted by molar-refractivity contribution is 0.0948. The highest BCUT2D eigenvalue weighted by Crippen LogP contribution is 2.14. The minimum atomic E-state index is -0.830. The van der Waals surface area contributed by atoms with Gasteiger partial charge in [0.15, 0.2) is 0 Å². The molecule has 19 heavy (non-hydrogen) atoms. The Morgan fingerprint density at radius 1 is 1.16 bits per heavy atom. The van der Waals surface area contributed by atoms with Crippen LogP contribution in [0.4, 0.5) is 8.78 Å². The second kappa shape index (κ2) is 7.84. The standard InChI is InChI=1S/C14H20F2N2O/c1-10-8-11(13(16)9-12(10)15)14(19)18-7-5-3-2-4-6-17/h8-9H,2-7,17H2,1H3,(H,18,19). The second-order valence-corrected chi connectivity index (χ2v) is 4.54. The van der Waals surface area contributed by atoms with Crippen molar-refractivity contribution in [1.82, 2.24) is 5.32 Å². The number of amides is 1. The van der Waals surface area contributed by atoms with E-state index in [0.29, 0.717) is 13.1 Å². The van der Waals surface area contributed by atoms with Gasteiger partial charge in [-0.3, -0.25) is 4.79 Å². The highest BCUT2D eigenvalue weighted by Gasteiger charge is 2.13. The Hall–Kier alpha value is -1.49. The molecule has 0 spiro atoms. The summed E-state index contributed by atoms with van der Waals surface area (Å²) in [6.07, 6.45) is 3.80. The molecule has 1 aromatic rings. The van der Waals surface area contributed by atoms with E-state index < -0.39 is 17.5 Å². The number of rotatable bonds is 7. The molecule has 0 heterocycles. The third-order valence-corrected chi connectivity index (χ3v) is 2.91. The van der Waals surface area contributed by atoms with Gasteiger partial charge in [-0.25, -0.2) is 8.78 Å². The fourth-order valence-electron chi connectivity index (χ4n) is 1.75. The van der Waals surface area contributed by atoms with Crippen molar-refractivity contribution < 1.29 is 13.6 Å². The predicted octanol–water partition coefficient (Wildman–Crippen LogP) is 2.52. The monoisotopic (exact) mass is 270 g/mol. The Balaban J connectivity index is 2.43. The summed E-state index contributed by atoms with van der Waals surface area (Å²) in [6, 6.07) is 1.97. The van der Waals surface area contributed by atoms with E-state index in [9.17, 15) is 13.6 Å². The van der Waals surface area contributed by atoms with Gasteiger partial charge in [0.2, 0.25) is 0 Å². The second-order valence-electron chi connectivity index (χ2n) is 4.54. The summed E-state index contributed by atoms with van der Waals surface area (Å²) in [5.41, 5.74) is 5.52. The number of benzene rings is 1. The van der Waals surface area contributed by atoms with E-state index in [4.69, 9.17) is 5.73 Å². The van der Waals surface area contributed by atoms with Crippen LogP contribution in [0.15, 0.2) is 12.1 Å². The Bertz CT molecular complexity index is 436. The SMILES string of the molecule is Cc1cc(C(=O)NCCCCCCN)c(F)cc1F. The number of unbranched alkanes of at least 4 members (excludes halogenated alkanes) is 3. The van der Waals surface area contributed by atoms with Crippen LogP contribution in [0.2, 0.25) is 0 Å². The van der Waals surface area contributed by atoms with Crippen molar-refractivity contribution in [3.8, 4) is 0 Å². The summed E-state index contributed by atoms with van der Waals surface area (Å²) >= 11 is 0. The average Bonchev–Trinajstić information content (AvgIpc) is 2.37. The van der Waals surface area contributed by atoms with Gasteiger partial charge in [0, 0.05) is 12.6 Å². The lowest BCUT2D eigenvalue weighted by Crippen LogP contribution is -2.25. The van der Waals surface area contributed by atoms with Crippen LogP contribution in [0.3, 0.4) is 0 Å². The van der Waals surface area contributed by atoms with Crippen LogP contribution in [0.1, 0.15) is 41.6 Å². The Morgan fingerprint density at radius 3 is 2.53 bits per heavy atom. The topological polar surface area (TPSA) is 55.1 Å². The number of carbonyl (C=O) groups is 1. The molecule has 0 aliphatic carbocycles. The molecule has 0 aliphatic heterocycles. The van der Waals surface area contributed by atoms with Crippen LogP contribution in [-0.2, 0) is 0 Å². The molecule has 3 nitrogen and oxygen atoms in total. The maximum atomic E-state index is 13.4. The van der Waals surface area contributed by atoms with E-state index in [1.807, 2.05) is 0 Å². The average molecular weight is 270 g/mol. The Labute approximate surface area is 112 Å². The van der Waals surface area contributed by atoms with Crippen molar-refractivity contribution in [2.75, 3.05) is 13.1 Å². The molecule has 3 N–H and O–H groups in total. The number of nitrogens with two attached hydrogens (primary N) is 1. The molecular formula is C14H20F2N2O. The molecule has 106 valence electrons. The summed E-state index contributed by atoms with van der Waals surface area (Å²) in [6.45, 7) is 2.66. The van der Waals surface area contributed by atoms with E-state index in [1.165, 1.54) is 13.0 Å². The van der Waals surface area contributed by atoms with Crippen LogP contribution in [0, 0.1) is 18.6 Å². The largest absolute Gasteiger partial charge is 0.352 e. The Kier molecular flexibility index (Phi) is 6.42. The maximum absolute atomic E-state index is 13.4. The molecule has 0 atom stereocenters. The van der Waals surface area contributed by atoms with Gasteiger partial charge >= 0.3 is 0 Å². The fraction of sp³-hybridized carbons (Fsp3) is 0.500. The first-order chi connectivity index (χ1) is 9.06. The zero-order chi connectivity index (χ0) is 14.3. The summed E-state index contributed by atoms with van der Waals surface area (Å²) < 4.78 is 26.5. The molecule has 1 amide bonds. The maximum Gasteiger partial charge on any atom is 0.254 e. The first-order valence-corrected chi connectivity index (χ1v) is 6.50. The molecule has 0 fully saturated rings. The number of carbonyl (C=O) groups excluding carboxylic acids is 1. The van der Waals surface area contributed by atoms with Crippen LogP contribution >= 0.6 is 0 Å². The molecular weight excluding hydrogens is 250 g/mol. The number of halogens is 2. The van der Waals surface area contributed by atoms with Crippen LogP contribution in [0.5, 0.6) is 0 Å². The molecule has 5 heteroatoms.